The van der Waals surface area contributed by atoms with Crippen LogP contribution in [0.4, 0.5) is 0 Å². The first kappa shape index (κ1) is 15.8. The summed E-state index contributed by atoms with van der Waals surface area (Å²) in [6, 6.07) is 6.46. The van der Waals surface area contributed by atoms with Crippen LogP contribution in [0.5, 0.6) is 5.75 Å². The van der Waals surface area contributed by atoms with E-state index in [0.29, 0.717) is 12.5 Å². The van der Waals surface area contributed by atoms with Gasteiger partial charge in [0.15, 0.2) is 0 Å². The highest BCUT2D eigenvalue weighted by Crippen LogP contribution is 2.19. The molecule has 1 N–H and O–H groups in total. The van der Waals surface area contributed by atoms with Crippen molar-refractivity contribution in [2.75, 3.05) is 27.2 Å². The van der Waals surface area contributed by atoms with Crippen molar-refractivity contribution < 1.29 is 9.53 Å². The van der Waals surface area contributed by atoms with Crippen LogP contribution in [0.1, 0.15) is 30.4 Å². The number of carbonyl (C=O) groups excluding carboxylic acids is 1. The van der Waals surface area contributed by atoms with Crippen LogP contribution in [0, 0.1) is 6.92 Å². The summed E-state index contributed by atoms with van der Waals surface area (Å²) in [7, 11) is 3.81. The molecule has 0 spiro atoms. The van der Waals surface area contributed by atoms with Gasteiger partial charge in [-0.15, -0.1) is 0 Å². The van der Waals surface area contributed by atoms with Crippen molar-refractivity contribution in [1.82, 2.24) is 10.2 Å². The Morgan fingerprint density at radius 1 is 1.38 bits per heavy atom. The first-order valence-corrected chi connectivity index (χ1v) is 7.70. The average molecular weight is 290 g/mol. The van der Waals surface area contributed by atoms with E-state index in [1.54, 1.807) is 7.11 Å². The van der Waals surface area contributed by atoms with Crippen LogP contribution in [-0.2, 0) is 11.2 Å². The predicted molar refractivity (Wildman–Crippen MR) is 84.7 cm³/mol. The van der Waals surface area contributed by atoms with Gasteiger partial charge in [-0.25, -0.2) is 0 Å². The number of methoxy groups -OCH3 is 1. The summed E-state index contributed by atoms with van der Waals surface area (Å²) >= 11 is 0. The number of amides is 1. The molecule has 1 aliphatic rings. The zero-order chi connectivity index (χ0) is 15.2. The molecule has 21 heavy (non-hydrogen) atoms. The Bertz CT molecular complexity index is 480. The van der Waals surface area contributed by atoms with Gasteiger partial charge in [0.25, 0.3) is 0 Å². The third-order valence-corrected chi connectivity index (χ3v) is 4.18. The van der Waals surface area contributed by atoms with Crippen molar-refractivity contribution in [2.24, 2.45) is 0 Å². The largest absolute Gasteiger partial charge is 0.496 e. The number of piperidine rings is 1. The van der Waals surface area contributed by atoms with Crippen molar-refractivity contribution in [3.8, 4) is 5.75 Å². The second kappa shape index (κ2) is 7.46. The van der Waals surface area contributed by atoms with E-state index in [4.69, 9.17) is 4.74 Å². The normalized spacial score (nSPS) is 16.7. The lowest BCUT2D eigenvalue weighted by Gasteiger charge is -2.29. The lowest BCUT2D eigenvalue weighted by molar-refractivity contribution is -0.122. The summed E-state index contributed by atoms with van der Waals surface area (Å²) in [5, 5.41) is 3.16. The zero-order valence-corrected chi connectivity index (χ0v) is 13.3. The molecule has 0 unspecified atom stereocenters. The summed E-state index contributed by atoms with van der Waals surface area (Å²) in [6.45, 7) is 4.17. The van der Waals surface area contributed by atoms with Gasteiger partial charge < -0.3 is 15.0 Å². The number of benzene rings is 1. The Hall–Kier alpha value is -1.55. The lowest BCUT2D eigenvalue weighted by Crippen LogP contribution is -2.43. The second-order valence-corrected chi connectivity index (χ2v) is 5.95. The fourth-order valence-electron chi connectivity index (χ4n) is 2.81. The van der Waals surface area contributed by atoms with E-state index in [-0.39, 0.29) is 5.91 Å². The number of likely N-dealkylation sites (tertiary alicyclic amines) is 1. The number of nitrogens with zero attached hydrogens (tertiary/aromatic N) is 1. The van der Waals surface area contributed by atoms with E-state index in [2.05, 4.69) is 23.3 Å². The SMILES string of the molecule is COc1ccc(CCC(=O)NC2CCN(C)CC2)cc1C. The molecule has 0 aliphatic carbocycles. The highest BCUT2D eigenvalue weighted by Gasteiger charge is 2.18. The number of rotatable bonds is 5. The van der Waals surface area contributed by atoms with E-state index in [9.17, 15) is 4.79 Å². The lowest BCUT2D eigenvalue weighted by atomic mass is 10.0. The highest BCUT2D eigenvalue weighted by atomic mass is 16.5. The third-order valence-electron chi connectivity index (χ3n) is 4.18. The fraction of sp³-hybridized carbons (Fsp3) is 0.588. The minimum absolute atomic E-state index is 0.165. The minimum atomic E-state index is 0.165. The summed E-state index contributed by atoms with van der Waals surface area (Å²) in [6.07, 6.45) is 3.45. The Morgan fingerprint density at radius 2 is 2.10 bits per heavy atom. The Morgan fingerprint density at radius 3 is 2.71 bits per heavy atom. The van der Waals surface area contributed by atoms with E-state index >= 15 is 0 Å². The molecule has 1 aromatic rings. The van der Waals surface area contributed by atoms with Crippen LogP contribution >= 0.6 is 0 Å². The van der Waals surface area contributed by atoms with Gasteiger partial charge in [-0.1, -0.05) is 12.1 Å². The molecule has 0 radical (unpaired) electrons. The maximum Gasteiger partial charge on any atom is 0.220 e. The third kappa shape index (κ3) is 4.74. The maximum atomic E-state index is 12.0. The molecule has 1 saturated heterocycles. The highest BCUT2D eigenvalue weighted by molar-refractivity contribution is 5.76. The van der Waals surface area contributed by atoms with Crippen LogP contribution in [0.3, 0.4) is 0 Å². The number of hydrogen-bond acceptors (Lipinski definition) is 3. The molecule has 1 heterocycles. The van der Waals surface area contributed by atoms with Crippen molar-refractivity contribution in [2.45, 2.75) is 38.6 Å². The fourth-order valence-corrected chi connectivity index (χ4v) is 2.81. The number of hydrogen-bond donors (Lipinski definition) is 1. The molecule has 0 saturated carbocycles. The molecule has 0 atom stereocenters. The van der Waals surface area contributed by atoms with Crippen LogP contribution in [0.15, 0.2) is 18.2 Å². The molecule has 1 aliphatic heterocycles. The molecule has 0 aromatic heterocycles. The molecular weight excluding hydrogens is 264 g/mol. The molecule has 0 bridgehead atoms. The molecule has 2 rings (SSSR count). The summed E-state index contributed by atoms with van der Waals surface area (Å²) < 4.78 is 5.25. The number of nitrogens with one attached hydrogen (secondary N) is 1. The van der Waals surface area contributed by atoms with Gasteiger partial charge >= 0.3 is 0 Å². The van der Waals surface area contributed by atoms with Crippen LogP contribution < -0.4 is 10.1 Å². The predicted octanol–water partition coefficient (Wildman–Crippen LogP) is 2.15. The van der Waals surface area contributed by atoms with Crippen LogP contribution in [-0.4, -0.2) is 44.1 Å². The number of carbonyl (C=O) groups is 1. The van der Waals surface area contributed by atoms with Crippen LogP contribution in [0.2, 0.25) is 0 Å². The van der Waals surface area contributed by atoms with E-state index < -0.39 is 0 Å². The van der Waals surface area contributed by atoms with Gasteiger partial charge in [0, 0.05) is 12.5 Å². The average Bonchev–Trinajstić information content (AvgIpc) is 2.48. The van der Waals surface area contributed by atoms with Gasteiger partial charge in [0.05, 0.1) is 7.11 Å². The Kier molecular flexibility index (Phi) is 5.62. The quantitative estimate of drug-likeness (QED) is 0.903. The summed E-state index contributed by atoms with van der Waals surface area (Å²) in [5.41, 5.74) is 2.30. The standard InChI is InChI=1S/C17H26N2O2/c1-13-12-14(4-6-16(13)21-3)5-7-17(20)18-15-8-10-19(2)11-9-15/h4,6,12,15H,5,7-11H2,1-3H3,(H,18,20). The molecule has 4 heteroatoms. The van der Waals surface area contributed by atoms with Crippen molar-refractivity contribution in [3.63, 3.8) is 0 Å². The van der Waals surface area contributed by atoms with Gasteiger partial charge in [0.2, 0.25) is 5.91 Å². The van der Waals surface area contributed by atoms with Gasteiger partial charge in [-0.05, 0) is 63.5 Å². The topological polar surface area (TPSA) is 41.6 Å². The van der Waals surface area contributed by atoms with Gasteiger partial charge in [-0.3, -0.25) is 4.79 Å². The monoisotopic (exact) mass is 290 g/mol. The van der Waals surface area contributed by atoms with E-state index in [1.807, 2.05) is 19.1 Å². The van der Waals surface area contributed by atoms with Crippen molar-refractivity contribution in [1.29, 1.82) is 0 Å². The molecule has 1 amide bonds. The Labute approximate surface area is 127 Å². The molecule has 1 aromatic carbocycles. The molecule has 1 fully saturated rings. The van der Waals surface area contributed by atoms with Crippen molar-refractivity contribution >= 4 is 5.91 Å². The molecule has 116 valence electrons. The smallest absolute Gasteiger partial charge is 0.220 e. The van der Waals surface area contributed by atoms with E-state index in [1.165, 1.54) is 5.56 Å². The minimum Gasteiger partial charge on any atom is -0.496 e. The Balaban J connectivity index is 1.77. The molecule has 4 nitrogen and oxygen atoms in total. The van der Waals surface area contributed by atoms with Crippen molar-refractivity contribution in [3.05, 3.63) is 29.3 Å². The zero-order valence-electron chi connectivity index (χ0n) is 13.3. The number of aryl methyl sites for hydroxylation is 2. The van der Waals surface area contributed by atoms with Crippen LogP contribution in [0.25, 0.3) is 0 Å². The first-order valence-electron chi connectivity index (χ1n) is 7.70. The first-order chi connectivity index (χ1) is 10.1. The van der Waals surface area contributed by atoms with Gasteiger partial charge in [0.1, 0.15) is 5.75 Å². The maximum absolute atomic E-state index is 12.0. The summed E-state index contributed by atoms with van der Waals surface area (Å²) in [4.78, 5) is 14.3. The molecular formula is C17H26N2O2. The van der Waals surface area contributed by atoms with E-state index in [0.717, 1.165) is 43.7 Å². The number of ether oxygens (including phenoxy) is 1. The van der Waals surface area contributed by atoms with Gasteiger partial charge in [-0.2, -0.15) is 0 Å². The summed E-state index contributed by atoms with van der Waals surface area (Å²) in [5.74, 6) is 1.06. The second-order valence-electron chi connectivity index (χ2n) is 5.95.